The lowest BCUT2D eigenvalue weighted by Crippen LogP contribution is -2.17. The molecule has 0 atom stereocenters. The monoisotopic (exact) mass is 321 g/mol. The predicted octanol–water partition coefficient (Wildman–Crippen LogP) is 4.07. The van der Waals surface area contributed by atoms with Crippen LogP contribution in [0.15, 0.2) is 53.0 Å². The number of methoxy groups -OCH3 is 1. The first-order valence-electron chi connectivity index (χ1n) is 5.56. The van der Waals surface area contributed by atoms with Gasteiger partial charge in [0.2, 0.25) is 0 Å². The largest absolute Gasteiger partial charge is 0.495 e. The quantitative estimate of drug-likeness (QED) is 0.927. The van der Waals surface area contributed by atoms with Crippen molar-refractivity contribution in [2.45, 2.75) is 0 Å². The normalized spacial score (nSPS) is 9.79. The number of ether oxygens (including phenoxy) is 2. The van der Waals surface area contributed by atoms with E-state index in [-0.39, 0.29) is 0 Å². The smallest absolute Gasteiger partial charge is 0.417 e. The van der Waals surface area contributed by atoms with E-state index in [1.165, 1.54) is 7.11 Å². The molecule has 0 saturated carbocycles. The molecule has 0 aliphatic carbocycles. The van der Waals surface area contributed by atoms with Crippen molar-refractivity contribution < 1.29 is 14.3 Å². The molecular formula is C14H12BrNO3. The molecule has 4 nitrogen and oxygen atoms in total. The Kier molecular flexibility index (Phi) is 4.41. The fourth-order valence-corrected chi connectivity index (χ4v) is 1.84. The molecule has 1 amide bonds. The SMILES string of the molecule is COc1cc(Br)ccc1NC(=O)Oc1ccccc1. The van der Waals surface area contributed by atoms with E-state index in [0.29, 0.717) is 17.2 Å². The zero-order chi connectivity index (χ0) is 13.7. The minimum absolute atomic E-state index is 0.482. The lowest BCUT2D eigenvalue weighted by atomic mass is 10.3. The van der Waals surface area contributed by atoms with Crippen LogP contribution in [0.2, 0.25) is 0 Å². The summed E-state index contributed by atoms with van der Waals surface area (Å²) in [5.74, 6) is 1.04. The summed E-state index contributed by atoms with van der Waals surface area (Å²) in [6, 6.07) is 14.2. The molecule has 0 aliphatic rings. The van der Waals surface area contributed by atoms with Crippen molar-refractivity contribution in [3.8, 4) is 11.5 Å². The number of anilines is 1. The topological polar surface area (TPSA) is 47.6 Å². The maximum Gasteiger partial charge on any atom is 0.417 e. The fraction of sp³-hybridized carbons (Fsp3) is 0.0714. The molecule has 0 saturated heterocycles. The van der Waals surface area contributed by atoms with Crippen LogP contribution in [0.5, 0.6) is 11.5 Å². The van der Waals surface area contributed by atoms with E-state index >= 15 is 0 Å². The Labute approximate surface area is 119 Å². The Morgan fingerprint density at radius 3 is 2.58 bits per heavy atom. The molecule has 98 valence electrons. The van der Waals surface area contributed by atoms with E-state index < -0.39 is 6.09 Å². The van der Waals surface area contributed by atoms with Gasteiger partial charge in [0, 0.05) is 4.47 Å². The number of carbonyl (C=O) groups is 1. The van der Waals surface area contributed by atoms with Crippen molar-refractivity contribution in [1.29, 1.82) is 0 Å². The summed E-state index contributed by atoms with van der Waals surface area (Å²) < 4.78 is 11.2. The Hall–Kier alpha value is -2.01. The summed E-state index contributed by atoms with van der Waals surface area (Å²) in [4.78, 5) is 11.7. The molecule has 0 bridgehead atoms. The van der Waals surface area contributed by atoms with Gasteiger partial charge in [-0.25, -0.2) is 4.79 Å². The molecule has 19 heavy (non-hydrogen) atoms. The van der Waals surface area contributed by atoms with Crippen LogP contribution in [0.3, 0.4) is 0 Å². The first kappa shape index (κ1) is 13.4. The van der Waals surface area contributed by atoms with Crippen LogP contribution in [0, 0.1) is 0 Å². The maximum atomic E-state index is 11.7. The lowest BCUT2D eigenvalue weighted by molar-refractivity contribution is 0.215. The number of carbonyl (C=O) groups excluding carboxylic acids is 1. The van der Waals surface area contributed by atoms with Crippen molar-refractivity contribution in [2.24, 2.45) is 0 Å². The standard InChI is InChI=1S/C14H12BrNO3/c1-18-13-9-10(15)7-8-12(13)16-14(17)19-11-5-3-2-4-6-11/h2-9H,1H3,(H,16,17). The van der Waals surface area contributed by atoms with Gasteiger partial charge in [0.15, 0.2) is 0 Å². The van der Waals surface area contributed by atoms with Crippen LogP contribution in [0.25, 0.3) is 0 Å². The molecule has 0 heterocycles. The highest BCUT2D eigenvalue weighted by Crippen LogP contribution is 2.28. The second-order valence-corrected chi connectivity index (χ2v) is 4.59. The van der Waals surface area contributed by atoms with E-state index in [9.17, 15) is 4.79 Å². The first-order chi connectivity index (χ1) is 9.19. The van der Waals surface area contributed by atoms with Gasteiger partial charge in [0.05, 0.1) is 12.8 Å². The van der Waals surface area contributed by atoms with Gasteiger partial charge in [0.25, 0.3) is 0 Å². The fourth-order valence-electron chi connectivity index (χ4n) is 1.50. The first-order valence-corrected chi connectivity index (χ1v) is 6.36. The Morgan fingerprint density at radius 2 is 1.89 bits per heavy atom. The highest BCUT2D eigenvalue weighted by atomic mass is 79.9. The summed E-state index contributed by atoms with van der Waals surface area (Å²) in [5.41, 5.74) is 0.548. The Balaban J connectivity index is 2.07. The van der Waals surface area contributed by atoms with Crippen LogP contribution in [0.1, 0.15) is 0 Å². The summed E-state index contributed by atoms with van der Waals surface area (Å²) in [6.45, 7) is 0. The summed E-state index contributed by atoms with van der Waals surface area (Å²) in [5, 5.41) is 2.63. The highest BCUT2D eigenvalue weighted by Gasteiger charge is 2.09. The van der Waals surface area contributed by atoms with Crippen molar-refractivity contribution in [3.63, 3.8) is 0 Å². The minimum atomic E-state index is -0.563. The number of nitrogens with one attached hydrogen (secondary N) is 1. The molecule has 0 fully saturated rings. The van der Waals surface area contributed by atoms with Gasteiger partial charge in [-0.05, 0) is 30.3 Å². The predicted molar refractivity (Wildman–Crippen MR) is 76.8 cm³/mol. The molecule has 2 aromatic rings. The molecule has 5 heteroatoms. The second kappa shape index (κ2) is 6.24. The summed E-state index contributed by atoms with van der Waals surface area (Å²) >= 11 is 3.33. The zero-order valence-electron chi connectivity index (χ0n) is 10.2. The Morgan fingerprint density at radius 1 is 1.16 bits per heavy atom. The Bertz CT molecular complexity index is 572. The van der Waals surface area contributed by atoms with Crippen molar-refractivity contribution >= 4 is 27.7 Å². The number of amides is 1. The van der Waals surface area contributed by atoms with Crippen LogP contribution in [0.4, 0.5) is 10.5 Å². The molecule has 0 spiro atoms. The van der Waals surface area contributed by atoms with Gasteiger partial charge in [-0.15, -0.1) is 0 Å². The van der Waals surface area contributed by atoms with Crippen molar-refractivity contribution in [2.75, 3.05) is 12.4 Å². The van der Waals surface area contributed by atoms with Crippen LogP contribution >= 0.6 is 15.9 Å². The molecule has 0 unspecified atom stereocenters. The second-order valence-electron chi connectivity index (χ2n) is 3.67. The van der Waals surface area contributed by atoms with Crippen molar-refractivity contribution in [3.05, 3.63) is 53.0 Å². The van der Waals surface area contributed by atoms with E-state index in [2.05, 4.69) is 21.2 Å². The van der Waals surface area contributed by atoms with Gasteiger partial charge < -0.3 is 9.47 Å². The molecule has 2 rings (SSSR count). The number of hydrogen-bond donors (Lipinski definition) is 1. The van der Waals surface area contributed by atoms with Gasteiger partial charge in [-0.2, -0.15) is 0 Å². The minimum Gasteiger partial charge on any atom is -0.495 e. The van der Waals surface area contributed by atoms with E-state index in [4.69, 9.17) is 9.47 Å². The summed E-state index contributed by atoms with van der Waals surface area (Å²) in [7, 11) is 1.54. The van der Waals surface area contributed by atoms with Gasteiger partial charge in [0.1, 0.15) is 11.5 Å². The van der Waals surface area contributed by atoms with Crippen molar-refractivity contribution in [1.82, 2.24) is 0 Å². The van der Waals surface area contributed by atoms with Crippen LogP contribution in [-0.4, -0.2) is 13.2 Å². The van der Waals surface area contributed by atoms with Crippen LogP contribution < -0.4 is 14.8 Å². The van der Waals surface area contributed by atoms with E-state index in [0.717, 1.165) is 4.47 Å². The number of halogens is 1. The number of rotatable bonds is 3. The average Bonchev–Trinajstić information content (AvgIpc) is 2.42. The van der Waals surface area contributed by atoms with Gasteiger partial charge in [-0.3, -0.25) is 5.32 Å². The molecule has 2 aromatic carbocycles. The third kappa shape index (κ3) is 3.72. The molecular weight excluding hydrogens is 310 g/mol. The summed E-state index contributed by atoms with van der Waals surface area (Å²) in [6.07, 6.45) is -0.563. The lowest BCUT2D eigenvalue weighted by Gasteiger charge is -2.10. The maximum absolute atomic E-state index is 11.7. The molecule has 0 radical (unpaired) electrons. The third-order valence-electron chi connectivity index (χ3n) is 2.35. The third-order valence-corrected chi connectivity index (χ3v) is 2.85. The van der Waals surface area contributed by atoms with E-state index in [1.807, 2.05) is 6.07 Å². The number of benzene rings is 2. The van der Waals surface area contributed by atoms with Gasteiger partial charge >= 0.3 is 6.09 Å². The number of hydrogen-bond acceptors (Lipinski definition) is 3. The van der Waals surface area contributed by atoms with E-state index in [1.54, 1.807) is 42.5 Å². The van der Waals surface area contributed by atoms with Crippen LogP contribution in [-0.2, 0) is 0 Å². The molecule has 1 N–H and O–H groups in total. The average molecular weight is 322 g/mol. The molecule has 0 aliphatic heterocycles. The highest BCUT2D eigenvalue weighted by molar-refractivity contribution is 9.10. The van der Waals surface area contributed by atoms with Gasteiger partial charge in [-0.1, -0.05) is 34.1 Å². The molecule has 0 aromatic heterocycles. The number of para-hydroxylation sites is 1. The zero-order valence-corrected chi connectivity index (χ0v) is 11.8.